The zero-order chi connectivity index (χ0) is 21.0. The fourth-order valence-electron chi connectivity index (χ4n) is 4.69. The fourth-order valence-corrected chi connectivity index (χ4v) is 6.82. The first-order valence-corrected chi connectivity index (χ1v) is 12.3. The van der Waals surface area contributed by atoms with Crippen molar-refractivity contribution in [3.63, 3.8) is 0 Å². The van der Waals surface area contributed by atoms with Crippen LogP contribution in [0.2, 0.25) is 0 Å². The van der Waals surface area contributed by atoms with E-state index in [9.17, 15) is 9.59 Å². The lowest BCUT2D eigenvalue weighted by Crippen LogP contribution is -2.59. The molecule has 0 fully saturated rings. The van der Waals surface area contributed by atoms with Crippen LogP contribution in [0.1, 0.15) is 0 Å². The summed E-state index contributed by atoms with van der Waals surface area (Å²) in [4.78, 5) is 23.4. The van der Waals surface area contributed by atoms with E-state index in [4.69, 9.17) is 0 Å². The zero-order valence-corrected chi connectivity index (χ0v) is 17.8. The van der Waals surface area contributed by atoms with Gasteiger partial charge in [-0.05, 0) is 67.4 Å². The Morgan fingerprint density at radius 1 is 0.387 bits per heavy atom. The molecule has 0 aliphatic rings. The van der Waals surface area contributed by atoms with Gasteiger partial charge in [0.05, 0.1) is 0 Å². The molecule has 0 radical (unpaired) electrons. The molecular formula is C28H20O2Si. The number of benzene rings is 6. The first kappa shape index (κ1) is 18.3. The second kappa shape index (κ2) is 6.76. The molecule has 6 aromatic rings. The third-order valence-electron chi connectivity index (χ3n) is 6.24. The highest BCUT2D eigenvalue weighted by atomic mass is 28.4. The van der Waals surface area contributed by atoms with Gasteiger partial charge in [0.15, 0.2) is 0 Å². The van der Waals surface area contributed by atoms with Crippen molar-refractivity contribution in [1.29, 1.82) is 0 Å². The highest BCUT2D eigenvalue weighted by molar-refractivity contribution is 6.93. The van der Waals surface area contributed by atoms with Crippen molar-refractivity contribution in [2.75, 3.05) is 0 Å². The first-order chi connectivity index (χ1) is 15.1. The normalized spacial score (nSPS) is 12.2. The monoisotopic (exact) mass is 416 g/mol. The summed E-state index contributed by atoms with van der Waals surface area (Å²) in [6.45, 7) is 0. The van der Waals surface area contributed by atoms with Crippen LogP contribution in [0, 0.1) is 0 Å². The van der Waals surface area contributed by atoms with Crippen LogP contribution in [0.15, 0.2) is 109 Å². The third kappa shape index (κ3) is 2.87. The lowest BCUT2D eigenvalue weighted by atomic mass is 10.0. The number of rotatable bonds is 2. The Bertz CT molecular complexity index is 1500. The minimum atomic E-state index is -3.96. The molecule has 148 valence electrons. The summed E-state index contributed by atoms with van der Waals surface area (Å²) in [6, 6.07) is 36.4. The van der Waals surface area contributed by atoms with E-state index in [0.717, 1.165) is 43.1 Å². The minimum Gasteiger partial charge on any atom is -0.404 e. The molecule has 0 saturated heterocycles. The summed E-state index contributed by atoms with van der Waals surface area (Å²) in [5.74, 6) is 0. The molecule has 6 rings (SSSR count). The van der Waals surface area contributed by atoms with Crippen LogP contribution >= 0.6 is 0 Å². The summed E-state index contributed by atoms with van der Waals surface area (Å²) in [5, 5.41) is 9.55. The van der Waals surface area contributed by atoms with Gasteiger partial charge in [-0.1, -0.05) is 84.9 Å². The van der Waals surface area contributed by atoms with E-state index in [-0.39, 0.29) is 0 Å². The van der Waals surface area contributed by atoms with E-state index in [1.807, 2.05) is 60.7 Å². The van der Waals surface area contributed by atoms with E-state index in [2.05, 4.69) is 48.5 Å². The van der Waals surface area contributed by atoms with Gasteiger partial charge >= 0.3 is 8.56 Å². The predicted molar refractivity (Wildman–Crippen MR) is 132 cm³/mol. The number of hydrogen-bond donors (Lipinski definition) is 2. The fraction of sp³-hybridized carbons (Fsp3) is 0. The van der Waals surface area contributed by atoms with Crippen LogP contribution in [-0.4, -0.2) is 18.2 Å². The van der Waals surface area contributed by atoms with Crippen LogP contribution in [0.4, 0.5) is 0 Å². The Hall–Kier alpha value is -3.50. The Morgan fingerprint density at radius 2 is 0.742 bits per heavy atom. The molecular weight excluding hydrogens is 396 g/mol. The molecule has 0 atom stereocenters. The van der Waals surface area contributed by atoms with Gasteiger partial charge in [0.25, 0.3) is 0 Å². The van der Waals surface area contributed by atoms with Crippen LogP contribution in [0.25, 0.3) is 43.1 Å². The van der Waals surface area contributed by atoms with E-state index < -0.39 is 8.56 Å². The highest BCUT2D eigenvalue weighted by Gasteiger charge is 2.37. The maximum absolute atomic E-state index is 11.7. The molecule has 0 amide bonds. The summed E-state index contributed by atoms with van der Waals surface area (Å²) >= 11 is 0. The van der Waals surface area contributed by atoms with Crippen LogP contribution in [0.5, 0.6) is 0 Å². The third-order valence-corrected chi connectivity index (χ3v) is 8.62. The molecule has 0 spiro atoms. The molecule has 2 N–H and O–H groups in total. The second-order valence-electron chi connectivity index (χ2n) is 8.12. The van der Waals surface area contributed by atoms with Gasteiger partial charge in [-0.25, -0.2) is 0 Å². The Kier molecular flexibility index (Phi) is 3.98. The molecule has 2 nitrogen and oxygen atoms in total. The SMILES string of the molecule is O[Si](O)(c1cccc2cc3ccccc3cc12)c1cccc2cc3ccccc3cc12. The van der Waals surface area contributed by atoms with Gasteiger partial charge in [0.2, 0.25) is 0 Å². The second-order valence-corrected chi connectivity index (χ2v) is 10.5. The lowest BCUT2D eigenvalue weighted by Gasteiger charge is -2.23. The van der Waals surface area contributed by atoms with Crippen molar-refractivity contribution >= 4 is 62.0 Å². The smallest absolute Gasteiger partial charge is 0.402 e. The predicted octanol–water partition coefficient (Wildman–Crippen LogP) is 4.84. The topological polar surface area (TPSA) is 40.5 Å². The summed E-state index contributed by atoms with van der Waals surface area (Å²) in [7, 11) is -3.96. The minimum absolute atomic E-state index is 0.622. The van der Waals surface area contributed by atoms with Crippen molar-refractivity contribution in [3.8, 4) is 0 Å². The first-order valence-electron chi connectivity index (χ1n) is 10.4. The van der Waals surface area contributed by atoms with Gasteiger partial charge < -0.3 is 9.59 Å². The van der Waals surface area contributed by atoms with Crippen molar-refractivity contribution < 1.29 is 9.59 Å². The Morgan fingerprint density at radius 3 is 1.16 bits per heavy atom. The summed E-state index contributed by atoms with van der Waals surface area (Å²) < 4.78 is 0. The van der Waals surface area contributed by atoms with Crippen molar-refractivity contribution in [1.82, 2.24) is 0 Å². The summed E-state index contributed by atoms with van der Waals surface area (Å²) in [5.41, 5.74) is 0. The molecule has 0 unspecified atom stereocenters. The van der Waals surface area contributed by atoms with Crippen LogP contribution < -0.4 is 10.4 Å². The van der Waals surface area contributed by atoms with E-state index in [1.165, 1.54) is 0 Å². The molecule has 0 heterocycles. The maximum atomic E-state index is 11.7. The Labute approximate surface area is 180 Å². The molecule has 0 aliphatic carbocycles. The van der Waals surface area contributed by atoms with Gasteiger partial charge in [0, 0.05) is 10.4 Å². The van der Waals surface area contributed by atoms with Crippen LogP contribution in [0.3, 0.4) is 0 Å². The highest BCUT2D eigenvalue weighted by Crippen LogP contribution is 2.25. The van der Waals surface area contributed by atoms with Crippen molar-refractivity contribution in [2.45, 2.75) is 0 Å². The molecule has 31 heavy (non-hydrogen) atoms. The van der Waals surface area contributed by atoms with E-state index in [1.54, 1.807) is 0 Å². The lowest BCUT2D eigenvalue weighted by molar-refractivity contribution is 0.402. The molecule has 3 heteroatoms. The largest absolute Gasteiger partial charge is 0.404 e. The molecule has 0 bridgehead atoms. The quantitative estimate of drug-likeness (QED) is 0.313. The van der Waals surface area contributed by atoms with Gasteiger partial charge in [-0.3, -0.25) is 0 Å². The van der Waals surface area contributed by atoms with Crippen molar-refractivity contribution in [3.05, 3.63) is 109 Å². The van der Waals surface area contributed by atoms with Gasteiger partial charge in [-0.15, -0.1) is 0 Å². The van der Waals surface area contributed by atoms with Gasteiger partial charge in [-0.2, -0.15) is 0 Å². The maximum Gasteiger partial charge on any atom is 0.402 e. The number of hydrogen-bond acceptors (Lipinski definition) is 2. The van der Waals surface area contributed by atoms with E-state index >= 15 is 0 Å². The van der Waals surface area contributed by atoms with E-state index in [0.29, 0.717) is 10.4 Å². The van der Waals surface area contributed by atoms with Crippen LogP contribution in [-0.2, 0) is 0 Å². The average Bonchev–Trinajstić information content (AvgIpc) is 2.80. The van der Waals surface area contributed by atoms with Crippen molar-refractivity contribution in [2.24, 2.45) is 0 Å². The standard InChI is InChI=1S/C28H20O2Si/c29-31(30,27-13-5-11-23-15-19-7-1-3-9-21(19)17-25(23)27)28-14-6-12-24-16-20-8-2-4-10-22(20)18-26(24)28/h1-18,29-30H. The molecule has 0 aliphatic heterocycles. The molecule has 0 aromatic heterocycles. The zero-order valence-electron chi connectivity index (χ0n) is 16.8. The average molecular weight is 417 g/mol. The molecule has 6 aromatic carbocycles. The summed E-state index contributed by atoms with van der Waals surface area (Å²) in [6.07, 6.45) is 0. The van der Waals surface area contributed by atoms with Gasteiger partial charge in [0.1, 0.15) is 0 Å². The number of fused-ring (bicyclic) bond motifs is 4. The Balaban J connectivity index is 1.64. The molecule has 0 saturated carbocycles.